The van der Waals surface area contributed by atoms with E-state index in [0.29, 0.717) is 6.07 Å². The number of rotatable bonds is 2. The van der Waals surface area contributed by atoms with E-state index in [1.165, 1.54) is 0 Å². The molecule has 0 aliphatic carbocycles. The summed E-state index contributed by atoms with van der Waals surface area (Å²) in [6, 6.07) is 2.74. The summed E-state index contributed by atoms with van der Waals surface area (Å²) in [6.07, 6.45) is -2.53. The van der Waals surface area contributed by atoms with Crippen LogP contribution in [0.1, 0.15) is 18.4 Å². The highest BCUT2D eigenvalue weighted by Gasteiger charge is 2.31. The lowest BCUT2D eigenvalue weighted by molar-refractivity contribution is -0.137. The third-order valence-electron chi connectivity index (χ3n) is 2.82. The summed E-state index contributed by atoms with van der Waals surface area (Å²) in [4.78, 5) is 0. The molecule has 1 nitrogen and oxygen atoms in total. The highest BCUT2D eigenvalue weighted by molar-refractivity contribution is 7.99. The van der Waals surface area contributed by atoms with Gasteiger partial charge in [0, 0.05) is 11.8 Å². The number of hydrogen-bond donors (Lipinski definition) is 1. The van der Waals surface area contributed by atoms with E-state index < -0.39 is 17.6 Å². The maximum atomic E-state index is 13.6. The average Bonchev–Trinajstić information content (AvgIpc) is 2.32. The highest BCUT2D eigenvalue weighted by atomic mass is 32.2. The Morgan fingerprint density at radius 1 is 1.28 bits per heavy atom. The molecule has 1 heterocycles. The van der Waals surface area contributed by atoms with Crippen molar-refractivity contribution >= 4 is 17.4 Å². The summed E-state index contributed by atoms with van der Waals surface area (Å²) in [6.45, 7) is 0. The van der Waals surface area contributed by atoms with Gasteiger partial charge in [0.25, 0.3) is 0 Å². The Kier molecular flexibility index (Phi) is 4.04. The van der Waals surface area contributed by atoms with E-state index in [4.69, 9.17) is 0 Å². The lowest BCUT2D eigenvalue weighted by atomic mass is 10.1. The zero-order valence-electron chi connectivity index (χ0n) is 9.56. The van der Waals surface area contributed by atoms with Gasteiger partial charge in [0.15, 0.2) is 0 Å². The zero-order chi connectivity index (χ0) is 13.2. The summed E-state index contributed by atoms with van der Waals surface area (Å²) in [5, 5.41) is 2.96. The molecule has 0 spiro atoms. The van der Waals surface area contributed by atoms with E-state index in [9.17, 15) is 17.6 Å². The molecule has 0 bridgehead atoms. The second-order valence-electron chi connectivity index (χ2n) is 4.25. The predicted molar refractivity (Wildman–Crippen MR) is 65.4 cm³/mol. The van der Waals surface area contributed by atoms with Crippen LogP contribution in [0.4, 0.5) is 23.2 Å². The first-order valence-electron chi connectivity index (χ1n) is 5.68. The van der Waals surface area contributed by atoms with Crippen LogP contribution in [0.2, 0.25) is 0 Å². The summed E-state index contributed by atoms with van der Waals surface area (Å²) >= 11 is 1.77. The summed E-state index contributed by atoms with van der Waals surface area (Å²) in [5.41, 5.74) is -0.806. The minimum absolute atomic E-state index is 0.134. The van der Waals surface area contributed by atoms with Crippen LogP contribution >= 0.6 is 11.8 Å². The van der Waals surface area contributed by atoms with E-state index in [2.05, 4.69) is 5.32 Å². The molecule has 1 N–H and O–H groups in total. The second kappa shape index (κ2) is 5.38. The molecular weight excluding hydrogens is 266 g/mol. The summed E-state index contributed by atoms with van der Waals surface area (Å²) in [5.74, 6) is 1.11. The monoisotopic (exact) mass is 279 g/mol. The molecule has 18 heavy (non-hydrogen) atoms. The standard InChI is InChI=1S/C12H13F4NS/c13-10-6-8(12(14,15)16)3-4-11(10)17-9-2-1-5-18-7-9/h3-4,6,9,17H,1-2,5,7H2. The fraction of sp³-hybridized carbons (Fsp3) is 0.500. The third-order valence-corrected chi connectivity index (χ3v) is 4.03. The average molecular weight is 279 g/mol. The molecule has 1 saturated heterocycles. The van der Waals surface area contributed by atoms with E-state index in [1.54, 1.807) is 11.8 Å². The minimum Gasteiger partial charge on any atom is -0.379 e. The van der Waals surface area contributed by atoms with Gasteiger partial charge in [0.05, 0.1) is 11.3 Å². The van der Waals surface area contributed by atoms with Gasteiger partial charge in [0.1, 0.15) is 5.82 Å². The van der Waals surface area contributed by atoms with Gasteiger partial charge in [-0.2, -0.15) is 24.9 Å². The molecule has 1 aromatic rings. The van der Waals surface area contributed by atoms with Crippen LogP contribution in [-0.2, 0) is 6.18 Å². The first kappa shape index (κ1) is 13.5. The Labute approximate surface area is 107 Å². The van der Waals surface area contributed by atoms with Crippen LogP contribution < -0.4 is 5.32 Å². The Balaban J connectivity index is 2.09. The molecule has 0 amide bonds. The van der Waals surface area contributed by atoms with Crippen molar-refractivity contribution in [2.24, 2.45) is 0 Å². The molecule has 1 aromatic carbocycles. The van der Waals surface area contributed by atoms with Gasteiger partial charge in [-0.3, -0.25) is 0 Å². The quantitative estimate of drug-likeness (QED) is 0.816. The molecule has 0 radical (unpaired) electrons. The van der Waals surface area contributed by atoms with Gasteiger partial charge in [-0.05, 0) is 36.8 Å². The molecule has 1 atom stereocenters. The van der Waals surface area contributed by atoms with Gasteiger partial charge in [0.2, 0.25) is 0 Å². The normalized spacial score (nSPS) is 20.8. The topological polar surface area (TPSA) is 12.0 Å². The molecule has 1 aliphatic rings. The molecule has 2 rings (SSSR count). The number of anilines is 1. The van der Waals surface area contributed by atoms with Gasteiger partial charge in [-0.1, -0.05) is 0 Å². The van der Waals surface area contributed by atoms with Crippen LogP contribution in [0.5, 0.6) is 0 Å². The maximum absolute atomic E-state index is 13.6. The van der Waals surface area contributed by atoms with Crippen molar-refractivity contribution < 1.29 is 17.6 Å². The predicted octanol–water partition coefficient (Wildman–Crippen LogP) is 4.15. The van der Waals surface area contributed by atoms with Crippen molar-refractivity contribution in [3.63, 3.8) is 0 Å². The van der Waals surface area contributed by atoms with E-state index in [0.717, 1.165) is 36.5 Å². The first-order valence-corrected chi connectivity index (χ1v) is 6.83. The third kappa shape index (κ3) is 3.31. The summed E-state index contributed by atoms with van der Waals surface area (Å²) < 4.78 is 50.7. The smallest absolute Gasteiger partial charge is 0.379 e. The molecule has 6 heteroatoms. The Morgan fingerprint density at radius 2 is 2.06 bits per heavy atom. The van der Waals surface area contributed by atoms with Crippen LogP contribution in [0.25, 0.3) is 0 Å². The lowest BCUT2D eigenvalue weighted by Crippen LogP contribution is -2.26. The largest absolute Gasteiger partial charge is 0.416 e. The second-order valence-corrected chi connectivity index (χ2v) is 5.40. The fourth-order valence-corrected chi connectivity index (χ4v) is 2.95. The highest BCUT2D eigenvalue weighted by Crippen LogP contribution is 2.32. The molecule has 1 unspecified atom stereocenters. The SMILES string of the molecule is Fc1cc(C(F)(F)F)ccc1NC1CCCSC1. The summed E-state index contributed by atoms with van der Waals surface area (Å²) in [7, 11) is 0. The minimum atomic E-state index is -4.50. The molecule has 0 saturated carbocycles. The van der Waals surface area contributed by atoms with E-state index in [1.807, 2.05) is 0 Å². The lowest BCUT2D eigenvalue weighted by Gasteiger charge is -2.24. The van der Waals surface area contributed by atoms with Gasteiger partial charge in [-0.15, -0.1) is 0 Å². The van der Waals surface area contributed by atoms with Crippen molar-refractivity contribution in [1.82, 2.24) is 0 Å². The number of halogens is 4. The molecule has 100 valence electrons. The molecule has 1 fully saturated rings. The van der Waals surface area contributed by atoms with Crippen LogP contribution in [-0.4, -0.2) is 17.5 Å². The van der Waals surface area contributed by atoms with E-state index >= 15 is 0 Å². The van der Waals surface area contributed by atoms with Crippen molar-refractivity contribution in [2.75, 3.05) is 16.8 Å². The molecule has 0 aromatic heterocycles. The Hall–Kier alpha value is -0.910. The van der Waals surface area contributed by atoms with Gasteiger partial charge < -0.3 is 5.32 Å². The number of nitrogens with one attached hydrogen (secondary N) is 1. The Morgan fingerprint density at radius 3 is 2.61 bits per heavy atom. The van der Waals surface area contributed by atoms with E-state index in [-0.39, 0.29) is 11.7 Å². The Bertz CT molecular complexity index is 413. The van der Waals surface area contributed by atoms with Crippen molar-refractivity contribution in [3.05, 3.63) is 29.6 Å². The van der Waals surface area contributed by atoms with Crippen LogP contribution in [0.15, 0.2) is 18.2 Å². The van der Waals surface area contributed by atoms with Crippen molar-refractivity contribution in [3.8, 4) is 0 Å². The molecule has 1 aliphatic heterocycles. The van der Waals surface area contributed by atoms with Gasteiger partial charge >= 0.3 is 6.18 Å². The number of alkyl halides is 3. The molecular formula is C12H13F4NS. The maximum Gasteiger partial charge on any atom is 0.416 e. The van der Waals surface area contributed by atoms with Gasteiger partial charge in [-0.25, -0.2) is 4.39 Å². The van der Waals surface area contributed by atoms with Crippen LogP contribution in [0, 0.1) is 5.82 Å². The number of hydrogen-bond acceptors (Lipinski definition) is 2. The fourth-order valence-electron chi connectivity index (χ4n) is 1.88. The zero-order valence-corrected chi connectivity index (χ0v) is 10.4. The number of thioether (sulfide) groups is 1. The van der Waals surface area contributed by atoms with Crippen molar-refractivity contribution in [2.45, 2.75) is 25.1 Å². The first-order chi connectivity index (χ1) is 8.47. The van der Waals surface area contributed by atoms with Crippen molar-refractivity contribution in [1.29, 1.82) is 0 Å². The number of benzene rings is 1. The van der Waals surface area contributed by atoms with Crippen LogP contribution in [0.3, 0.4) is 0 Å².